The van der Waals surface area contributed by atoms with Gasteiger partial charge in [-0.1, -0.05) is 5.16 Å². The molecule has 2 N–H and O–H groups in total. The number of hydrogen-bond acceptors (Lipinski definition) is 7. The summed E-state index contributed by atoms with van der Waals surface area (Å²) in [6.07, 6.45) is 1.46. The Morgan fingerprint density at radius 1 is 1.11 bits per heavy atom. The van der Waals surface area contributed by atoms with Crippen LogP contribution in [0.5, 0.6) is 17.2 Å². The van der Waals surface area contributed by atoms with Crippen molar-refractivity contribution in [3.63, 3.8) is 0 Å². The van der Waals surface area contributed by atoms with Crippen molar-refractivity contribution in [2.45, 2.75) is 0 Å². The Balaban J connectivity index is 1.40. The van der Waals surface area contributed by atoms with E-state index in [4.69, 9.17) is 19.0 Å². The minimum atomic E-state index is -0.559. The maximum atomic E-state index is 12.0. The number of oxime groups is 1. The molecule has 2 aromatic carbocycles. The Bertz CT molecular complexity index is 851. The molecule has 0 radical (unpaired) electrons. The number of hydrogen-bond donors (Lipinski definition) is 2. The number of carbonyl (C=O) groups is 2. The Kier molecular flexibility index (Phi) is 5.73. The number of hydrazine groups is 1. The zero-order chi connectivity index (χ0) is 19.1. The molecule has 0 unspecified atom stereocenters. The van der Waals surface area contributed by atoms with Crippen molar-refractivity contribution in [2.24, 2.45) is 5.16 Å². The Morgan fingerprint density at radius 3 is 2.67 bits per heavy atom. The fourth-order valence-corrected chi connectivity index (χ4v) is 2.16. The molecule has 1 aliphatic rings. The van der Waals surface area contributed by atoms with Gasteiger partial charge >= 0.3 is 0 Å². The number of rotatable bonds is 6. The van der Waals surface area contributed by atoms with Gasteiger partial charge in [0.05, 0.1) is 13.3 Å². The van der Waals surface area contributed by atoms with E-state index in [-0.39, 0.29) is 13.4 Å². The van der Waals surface area contributed by atoms with Gasteiger partial charge in [-0.25, -0.2) is 0 Å². The van der Waals surface area contributed by atoms with Crippen molar-refractivity contribution in [3.8, 4) is 17.2 Å². The van der Waals surface area contributed by atoms with Gasteiger partial charge in [-0.2, -0.15) is 0 Å². The minimum Gasteiger partial charge on any atom is -0.497 e. The number of ether oxygens (including phenoxy) is 3. The molecule has 0 aliphatic carbocycles. The Hall–Kier alpha value is -3.75. The zero-order valence-corrected chi connectivity index (χ0v) is 14.4. The summed E-state index contributed by atoms with van der Waals surface area (Å²) in [5.41, 5.74) is 5.62. The normalized spacial score (nSPS) is 11.9. The predicted molar refractivity (Wildman–Crippen MR) is 94.7 cm³/mol. The molecule has 0 fully saturated rings. The van der Waals surface area contributed by atoms with Crippen LogP contribution in [0, 0.1) is 0 Å². The first kappa shape index (κ1) is 18.1. The van der Waals surface area contributed by atoms with Gasteiger partial charge in [-0.3, -0.25) is 20.4 Å². The van der Waals surface area contributed by atoms with Gasteiger partial charge in [-0.15, -0.1) is 0 Å². The molecular formula is C18H17N3O6. The fourth-order valence-electron chi connectivity index (χ4n) is 2.16. The van der Waals surface area contributed by atoms with Crippen LogP contribution in [0.4, 0.5) is 0 Å². The predicted octanol–water partition coefficient (Wildman–Crippen LogP) is 1.24. The number of benzene rings is 2. The summed E-state index contributed by atoms with van der Waals surface area (Å²) < 4.78 is 15.4. The molecule has 0 atom stereocenters. The zero-order valence-electron chi connectivity index (χ0n) is 14.4. The van der Waals surface area contributed by atoms with Crippen LogP contribution in [0.3, 0.4) is 0 Å². The second kappa shape index (κ2) is 8.56. The van der Waals surface area contributed by atoms with Crippen LogP contribution >= 0.6 is 0 Å². The number of fused-ring (bicyclic) bond motifs is 1. The summed E-state index contributed by atoms with van der Waals surface area (Å²) in [6, 6.07) is 11.8. The minimum absolute atomic E-state index is 0.117. The average Bonchev–Trinajstić information content (AvgIpc) is 3.17. The number of amides is 2. The molecule has 0 saturated carbocycles. The van der Waals surface area contributed by atoms with E-state index in [1.54, 1.807) is 43.5 Å². The van der Waals surface area contributed by atoms with Gasteiger partial charge in [-0.05, 0) is 48.0 Å². The summed E-state index contributed by atoms with van der Waals surface area (Å²) in [7, 11) is 1.58. The first-order valence-electron chi connectivity index (χ1n) is 7.94. The van der Waals surface area contributed by atoms with Crippen LogP contribution in [0.1, 0.15) is 15.9 Å². The first-order chi connectivity index (χ1) is 13.2. The largest absolute Gasteiger partial charge is 0.497 e. The third kappa shape index (κ3) is 4.88. The highest BCUT2D eigenvalue weighted by Gasteiger charge is 2.16. The molecule has 140 valence electrons. The van der Waals surface area contributed by atoms with Crippen molar-refractivity contribution < 1.29 is 28.6 Å². The van der Waals surface area contributed by atoms with Crippen molar-refractivity contribution in [2.75, 3.05) is 20.5 Å². The van der Waals surface area contributed by atoms with Crippen molar-refractivity contribution in [1.29, 1.82) is 0 Å². The van der Waals surface area contributed by atoms with E-state index in [9.17, 15) is 9.59 Å². The van der Waals surface area contributed by atoms with Crippen LogP contribution in [0.25, 0.3) is 0 Å². The molecule has 0 aromatic heterocycles. The van der Waals surface area contributed by atoms with Crippen LogP contribution in [-0.4, -0.2) is 38.5 Å². The van der Waals surface area contributed by atoms with Crippen molar-refractivity contribution in [3.05, 3.63) is 53.6 Å². The molecule has 1 aliphatic heterocycles. The quantitative estimate of drug-likeness (QED) is 0.584. The van der Waals surface area contributed by atoms with E-state index in [0.717, 1.165) is 11.3 Å². The number of carbonyl (C=O) groups excluding carboxylic acids is 2. The smallest absolute Gasteiger partial charge is 0.279 e. The maximum Gasteiger partial charge on any atom is 0.279 e. The molecular weight excluding hydrogens is 354 g/mol. The van der Waals surface area contributed by atoms with Crippen molar-refractivity contribution in [1.82, 2.24) is 10.9 Å². The molecule has 0 bridgehead atoms. The van der Waals surface area contributed by atoms with Crippen LogP contribution in [-0.2, 0) is 9.63 Å². The average molecular weight is 371 g/mol. The highest BCUT2D eigenvalue weighted by Crippen LogP contribution is 2.32. The lowest BCUT2D eigenvalue weighted by atomic mass is 10.2. The topological polar surface area (TPSA) is 107 Å². The van der Waals surface area contributed by atoms with Crippen molar-refractivity contribution >= 4 is 18.0 Å². The molecule has 9 nitrogen and oxygen atoms in total. The summed E-state index contributed by atoms with van der Waals surface area (Å²) in [6.45, 7) is -0.237. The van der Waals surface area contributed by atoms with Crippen LogP contribution in [0.2, 0.25) is 0 Å². The van der Waals surface area contributed by atoms with E-state index in [2.05, 4.69) is 16.0 Å². The number of methoxy groups -OCH3 is 1. The van der Waals surface area contributed by atoms with E-state index >= 15 is 0 Å². The standard InChI is InChI=1S/C18H17N3O6/c1-24-14-5-2-12(3-6-14)9-19-27-10-17(22)20-21-18(23)13-4-7-15-16(8-13)26-11-25-15/h2-9H,10-11H2,1H3,(H,20,22)(H,21,23)/b19-9-. The highest BCUT2D eigenvalue weighted by atomic mass is 16.7. The second-order valence-electron chi connectivity index (χ2n) is 5.35. The third-order valence-electron chi connectivity index (χ3n) is 3.54. The molecule has 0 saturated heterocycles. The van der Waals surface area contributed by atoms with E-state index < -0.39 is 11.8 Å². The molecule has 1 heterocycles. The molecule has 2 aromatic rings. The third-order valence-corrected chi connectivity index (χ3v) is 3.54. The van der Waals surface area contributed by atoms with E-state index in [1.807, 2.05) is 0 Å². The van der Waals surface area contributed by atoms with Gasteiger partial charge in [0.2, 0.25) is 6.79 Å². The highest BCUT2D eigenvalue weighted by molar-refractivity contribution is 5.96. The maximum absolute atomic E-state index is 12.0. The molecule has 0 spiro atoms. The summed E-state index contributed by atoms with van der Waals surface area (Å²) in [4.78, 5) is 28.6. The lowest BCUT2D eigenvalue weighted by molar-refractivity contribution is -0.126. The van der Waals surface area contributed by atoms with Gasteiger partial charge in [0, 0.05) is 5.56 Å². The van der Waals surface area contributed by atoms with Gasteiger partial charge in [0.15, 0.2) is 18.1 Å². The van der Waals surface area contributed by atoms with E-state index in [0.29, 0.717) is 17.1 Å². The van der Waals surface area contributed by atoms with Crippen LogP contribution in [0.15, 0.2) is 47.6 Å². The fraction of sp³-hybridized carbons (Fsp3) is 0.167. The Labute approximate surface area is 154 Å². The molecule has 3 rings (SSSR count). The monoisotopic (exact) mass is 371 g/mol. The lowest BCUT2D eigenvalue weighted by Crippen LogP contribution is -2.43. The Morgan fingerprint density at radius 2 is 1.89 bits per heavy atom. The molecule has 2 amide bonds. The van der Waals surface area contributed by atoms with Gasteiger partial charge in [0.25, 0.3) is 11.8 Å². The number of nitrogens with zero attached hydrogens (tertiary/aromatic N) is 1. The van der Waals surface area contributed by atoms with Gasteiger partial charge < -0.3 is 19.0 Å². The SMILES string of the molecule is COc1ccc(/C=N\OCC(=O)NNC(=O)c2ccc3c(c2)OCO3)cc1. The lowest BCUT2D eigenvalue weighted by Gasteiger charge is -2.07. The summed E-state index contributed by atoms with van der Waals surface area (Å²) in [5, 5.41) is 3.69. The second-order valence-corrected chi connectivity index (χ2v) is 5.35. The molecule has 27 heavy (non-hydrogen) atoms. The van der Waals surface area contributed by atoms with Gasteiger partial charge in [0.1, 0.15) is 5.75 Å². The molecule has 9 heteroatoms. The summed E-state index contributed by atoms with van der Waals surface area (Å²) in [5.74, 6) is 0.717. The summed E-state index contributed by atoms with van der Waals surface area (Å²) >= 11 is 0. The van der Waals surface area contributed by atoms with E-state index in [1.165, 1.54) is 12.3 Å². The first-order valence-corrected chi connectivity index (χ1v) is 7.94. The van der Waals surface area contributed by atoms with Crippen LogP contribution < -0.4 is 25.1 Å². The number of nitrogens with one attached hydrogen (secondary N) is 2.